The van der Waals surface area contributed by atoms with Crippen LogP contribution in [-0.2, 0) is 21.2 Å². The minimum atomic E-state index is -4.28. The Labute approximate surface area is 121 Å². The predicted octanol–water partition coefficient (Wildman–Crippen LogP) is 1.66. The Morgan fingerprint density at radius 2 is 1.86 bits per heavy atom. The van der Waals surface area contributed by atoms with Crippen molar-refractivity contribution in [2.24, 2.45) is 0 Å². The number of aryl methyl sites for hydroxylation is 1. The Bertz CT molecular complexity index is 733. The number of nitrogens with one attached hydrogen (secondary N) is 1. The van der Waals surface area contributed by atoms with Crippen molar-refractivity contribution in [2.75, 3.05) is 0 Å². The number of nitrogens with zero attached hydrogens (tertiary/aromatic N) is 1. The van der Waals surface area contributed by atoms with Gasteiger partial charge in [0, 0.05) is 12.6 Å². The third-order valence-electron chi connectivity index (χ3n) is 2.71. The number of rotatable bonds is 5. The van der Waals surface area contributed by atoms with Crippen LogP contribution in [0.2, 0.25) is 0 Å². The average Bonchev–Trinajstić information content (AvgIpc) is 2.46. The number of carbonyl (C=O) groups excluding carboxylic acids is 1. The van der Waals surface area contributed by atoms with Gasteiger partial charge in [-0.3, -0.25) is 4.79 Å². The molecule has 0 aliphatic rings. The molecule has 0 bridgehead atoms. The Kier molecular flexibility index (Phi) is 4.64. The molecule has 1 amide bonds. The molecule has 0 unspecified atom stereocenters. The van der Waals surface area contributed by atoms with Gasteiger partial charge >= 0.3 is 0 Å². The topological polar surface area (TPSA) is 76.1 Å². The highest BCUT2D eigenvalue weighted by Gasteiger charge is 2.22. The highest BCUT2D eigenvalue weighted by atomic mass is 32.2. The first-order valence-corrected chi connectivity index (χ1v) is 7.67. The van der Waals surface area contributed by atoms with E-state index in [0.717, 1.165) is 17.8 Å². The minimum absolute atomic E-state index is 0.0162. The van der Waals surface area contributed by atoms with Gasteiger partial charge < -0.3 is 0 Å². The lowest BCUT2D eigenvalue weighted by Gasteiger charge is -2.06. The maximum atomic E-state index is 13.4. The third-order valence-corrected chi connectivity index (χ3v) is 4.02. The molecule has 1 N–H and O–H groups in total. The normalized spacial score (nSPS) is 11.1. The summed E-state index contributed by atoms with van der Waals surface area (Å²) in [5.74, 6) is -1.70. The van der Waals surface area contributed by atoms with Gasteiger partial charge in [-0.2, -0.15) is 8.42 Å². The number of hydrogen-bond acceptors (Lipinski definition) is 4. The van der Waals surface area contributed by atoms with Crippen molar-refractivity contribution < 1.29 is 17.6 Å². The maximum Gasteiger partial charge on any atom is 0.284 e. The number of hydrogen-bond donors (Lipinski definition) is 1. The Balaban J connectivity index is 2.01. The molecule has 0 atom stereocenters. The summed E-state index contributed by atoms with van der Waals surface area (Å²) in [5, 5.41) is -0.780. The van der Waals surface area contributed by atoms with Crippen molar-refractivity contribution >= 4 is 15.9 Å². The van der Waals surface area contributed by atoms with Crippen molar-refractivity contribution in [3.05, 3.63) is 60.0 Å². The van der Waals surface area contributed by atoms with Gasteiger partial charge in [-0.05, 0) is 24.1 Å². The number of benzene rings is 1. The van der Waals surface area contributed by atoms with Crippen LogP contribution in [0.25, 0.3) is 0 Å². The summed E-state index contributed by atoms with van der Waals surface area (Å²) in [6.07, 6.45) is 1.52. The molecule has 0 spiro atoms. The highest BCUT2D eigenvalue weighted by molar-refractivity contribution is 7.90. The largest absolute Gasteiger partial charge is 0.284 e. The third kappa shape index (κ3) is 4.09. The van der Waals surface area contributed by atoms with Crippen molar-refractivity contribution in [1.82, 2.24) is 9.71 Å². The SMILES string of the molecule is O=C(CCc1ccccc1)NS(=O)(=O)c1ncccc1F. The number of pyridine rings is 1. The molecule has 1 heterocycles. The van der Waals surface area contributed by atoms with E-state index in [4.69, 9.17) is 0 Å². The monoisotopic (exact) mass is 308 g/mol. The van der Waals surface area contributed by atoms with Crippen LogP contribution >= 0.6 is 0 Å². The summed E-state index contributed by atoms with van der Waals surface area (Å²) in [7, 11) is -4.28. The highest BCUT2D eigenvalue weighted by Crippen LogP contribution is 2.10. The average molecular weight is 308 g/mol. The first-order chi connectivity index (χ1) is 9.99. The van der Waals surface area contributed by atoms with Crippen LogP contribution in [0.5, 0.6) is 0 Å². The summed E-state index contributed by atoms with van der Waals surface area (Å²) >= 11 is 0. The van der Waals surface area contributed by atoms with E-state index in [1.54, 1.807) is 0 Å². The van der Waals surface area contributed by atoms with E-state index in [9.17, 15) is 17.6 Å². The zero-order valence-electron chi connectivity index (χ0n) is 11.0. The van der Waals surface area contributed by atoms with Crippen LogP contribution in [-0.4, -0.2) is 19.3 Å². The van der Waals surface area contributed by atoms with Crippen LogP contribution in [0.3, 0.4) is 0 Å². The lowest BCUT2D eigenvalue weighted by molar-refractivity contribution is -0.119. The molecule has 0 radical (unpaired) electrons. The van der Waals surface area contributed by atoms with Crippen LogP contribution in [0.4, 0.5) is 4.39 Å². The molecule has 7 heteroatoms. The second kappa shape index (κ2) is 6.45. The van der Waals surface area contributed by atoms with E-state index in [0.29, 0.717) is 6.42 Å². The number of sulfonamides is 1. The molecule has 21 heavy (non-hydrogen) atoms. The van der Waals surface area contributed by atoms with Gasteiger partial charge in [-0.25, -0.2) is 14.1 Å². The van der Waals surface area contributed by atoms with E-state index >= 15 is 0 Å². The van der Waals surface area contributed by atoms with Crippen molar-refractivity contribution in [2.45, 2.75) is 17.9 Å². The first-order valence-electron chi connectivity index (χ1n) is 6.19. The summed E-state index contributed by atoms with van der Waals surface area (Å²) < 4.78 is 38.9. The Morgan fingerprint density at radius 1 is 1.14 bits per heavy atom. The molecule has 5 nitrogen and oxygen atoms in total. The molecule has 2 aromatic rings. The summed E-state index contributed by atoms with van der Waals surface area (Å²) in [6.45, 7) is 0. The predicted molar refractivity (Wildman–Crippen MR) is 74.3 cm³/mol. The zero-order chi connectivity index (χ0) is 15.3. The second-order valence-electron chi connectivity index (χ2n) is 4.30. The molecule has 0 aliphatic heterocycles. The van der Waals surface area contributed by atoms with E-state index < -0.39 is 26.8 Å². The van der Waals surface area contributed by atoms with Crippen LogP contribution in [0.15, 0.2) is 53.7 Å². The number of aromatic nitrogens is 1. The summed E-state index contributed by atoms with van der Waals surface area (Å²) in [5.41, 5.74) is 0.911. The van der Waals surface area contributed by atoms with Gasteiger partial charge in [-0.1, -0.05) is 30.3 Å². The van der Waals surface area contributed by atoms with Gasteiger partial charge in [0.2, 0.25) is 10.9 Å². The van der Waals surface area contributed by atoms with Gasteiger partial charge in [0.1, 0.15) is 0 Å². The van der Waals surface area contributed by atoms with Gasteiger partial charge in [0.25, 0.3) is 10.0 Å². The van der Waals surface area contributed by atoms with Crippen molar-refractivity contribution in [3.8, 4) is 0 Å². The molecular weight excluding hydrogens is 295 g/mol. The van der Waals surface area contributed by atoms with E-state index in [2.05, 4.69) is 4.98 Å². The molecule has 0 aliphatic carbocycles. The molecule has 110 valence electrons. The Morgan fingerprint density at radius 3 is 2.52 bits per heavy atom. The smallest absolute Gasteiger partial charge is 0.274 e. The van der Waals surface area contributed by atoms with Crippen LogP contribution in [0.1, 0.15) is 12.0 Å². The first kappa shape index (κ1) is 15.1. The molecular formula is C14H13FN2O3S. The fourth-order valence-corrected chi connectivity index (χ4v) is 2.74. The quantitative estimate of drug-likeness (QED) is 0.911. The molecule has 1 aromatic carbocycles. The van der Waals surface area contributed by atoms with E-state index in [1.165, 1.54) is 6.07 Å². The maximum absolute atomic E-state index is 13.4. The fraction of sp³-hybridized carbons (Fsp3) is 0.143. The second-order valence-corrected chi connectivity index (χ2v) is 5.90. The summed E-state index contributed by atoms with van der Waals surface area (Å²) in [6, 6.07) is 11.4. The molecule has 0 saturated heterocycles. The summed E-state index contributed by atoms with van der Waals surface area (Å²) in [4.78, 5) is 15.1. The zero-order valence-corrected chi connectivity index (χ0v) is 11.8. The molecule has 0 saturated carbocycles. The van der Waals surface area contributed by atoms with Crippen LogP contribution < -0.4 is 4.72 Å². The fourth-order valence-electron chi connectivity index (χ4n) is 1.72. The van der Waals surface area contributed by atoms with Gasteiger partial charge in [0.15, 0.2) is 5.82 Å². The van der Waals surface area contributed by atoms with E-state index in [-0.39, 0.29) is 6.42 Å². The molecule has 0 fully saturated rings. The lowest BCUT2D eigenvalue weighted by atomic mass is 10.1. The van der Waals surface area contributed by atoms with Gasteiger partial charge in [0.05, 0.1) is 0 Å². The number of halogens is 1. The standard InChI is InChI=1S/C14H13FN2O3S/c15-12-7-4-10-16-14(12)21(19,20)17-13(18)9-8-11-5-2-1-3-6-11/h1-7,10H,8-9H2,(H,17,18). The lowest BCUT2D eigenvalue weighted by Crippen LogP contribution is -2.31. The van der Waals surface area contributed by atoms with Gasteiger partial charge in [-0.15, -0.1) is 0 Å². The Hall–Kier alpha value is -2.28. The molecule has 1 aromatic heterocycles. The number of amides is 1. The van der Waals surface area contributed by atoms with Crippen molar-refractivity contribution in [3.63, 3.8) is 0 Å². The van der Waals surface area contributed by atoms with Crippen LogP contribution in [0, 0.1) is 5.82 Å². The molecule has 2 rings (SSSR count). The van der Waals surface area contributed by atoms with Crippen molar-refractivity contribution in [1.29, 1.82) is 0 Å². The van der Waals surface area contributed by atoms with E-state index in [1.807, 2.05) is 35.1 Å². The number of carbonyl (C=O) groups is 1. The minimum Gasteiger partial charge on any atom is -0.274 e.